The molecule has 7 heteroatoms. The molecule has 0 amide bonds. The predicted octanol–water partition coefficient (Wildman–Crippen LogP) is 3.97. The highest BCUT2D eigenvalue weighted by Gasteiger charge is 1.99. The predicted molar refractivity (Wildman–Crippen MR) is 66.1 cm³/mol. The van der Waals surface area contributed by atoms with Gasteiger partial charge in [0.1, 0.15) is 0 Å². The first-order chi connectivity index (χ1) is 6.36. The minimum absolute atomic E-state index is 1.06. The Labute approximate surface area is 98.8 Å². The Morgan fingerprint density at radius 2 is 1.54 bits per heavy atom. The van der Waals surface area contributed by atoms with Crippen molar-refractivity contribution in [1.29, 1.82) is 0 Å². The Kier molecular flexibility index (Phi) is 5.50. The van der Waals surface area contributed by atoms with Crippen molar-refractivity contribution in [3.63, 3.8) is 0 Å². The van der Waals surface area contributed by atoms with E-state index in [0.29, 0.717) is 0 Å². The molecule has 0 saturated carbocycles. The second-order valence-corrected chi connectivity index (χ2v) is 5.20. The van der Waals surface area contributed by atoms with E-state index in [9.17, 15) is 0 Å². The van der Waals surface area contributed by atoms with Gasteiger partial charge in [0.25, 0.3) is 0 Å². The van der Waals surface area contributed by atoms with Crippen LogP contribution in [0.15, 0.2) is 29.3 Å². The van der Waals surface area contributed by atoms with Crippen LogP contribution in [-0.4, -0.2) is 10.3 Å². The number of thiophene rings is 1. The van der Waals surface area contributed by atoms with Crippen LogP contribution in [0.3, 0.4) is 0 Å². The third-order valence-corrected chi connectivity index (χ3v) is 3.94. The fraction of sp³-hybridized carbons (Fsp3) is 0. The fourth-order valence-electron chi connectivity index (χ4n) is 0.529. The van der Waals surface area contributed by atoms with Crippen molar-refractivity contribution in [2.75, 3.05) is 0 Å². The molecule has 2 nitrogen and oxygen atoms in total. The molecule has 0 N–H and O–H groups in total. The zero-order chi connectivity index (χ0) is 9.52. The molecule has 0 aliphatic carbocycles. The molecule has 1 rings (SSSR count). The first kappa shape index (κ1) is 11.1. The summed E-state index contributed by atoms with van der Waals surface area (Å²) in [7, 11) is 0. The topological polar surface area (TPSA) is 24.7 Å². The number of hydrogen-bond acceptors (Lipinski definition) is 7. The summed E-state index contributed by atoms with van der Waals surface area (Å²) in [6.45, 7) is 0. The molecule has 0 aliphatic heterocycles. The van der Waals surface area contributed by atoms with Crippen LogP contribution in [0.2, 0.25) is 0 Å². The molecule has 1 heterocycles. The van der Waals surface area contributed by atoms with Crippen LogP contribution in [0.1, 0.15) is 0 Å². The lowest BCUT2D eigenvalue weighted by atomic mass is 10.7. The van der Waals surface area contributed by atoms with E-state index in [-0.39, 0.29) is 0 Å². The van der Waals surface area contributed by atoms with Crippen LogP contribution in [0.25, 0.3) is 0 Å². The number of thiocarbonyl (C=S) groups is 2. The van der Waals surface area contributed by atoms with Gasteiger partial charge in [0, 0.05) is 23.9 Å². The molecule has 0 aliphatic rings. The van der Waals surface area contributed by atoms with E-state index in [1.807, 2.05) is 12.1 Å². The van der Waals surface area contributed by atoms with Gasteiger partial charge in [-0.2, -0.15) is 8.80 Å². The van der Waals surface area contributed by atoms with E-state index >= 15 is 0 Å². The van der Waals surface area contributed by atoms with Gasteiger partial charge in [-0.05, 0) is 36.6 Å². The standard InChI is InChI=1S/C6H2N2S5/c9-3-7-12-5-1-2-6(11-5)13-8-4-10/h1-2H. The van der Waals surface area contributed by atoms with Crippen LogP contribution in [0.5, 0.6) is 0 Å². The third kappa shape index (κ3) is 4.15. The summed E-state index contributed by atoms with van der Waals surface area (Å²) in [5.74, 6) is 0. The van der Waals surface area contributed by atoms with Gasteiger partial charge in [-0.25, -0.2) is 0 Å². The molecule has 0 radical (unpaired) electrons. The quantitative estimate of drug-likeness (QED) is 0.466. The Balaban J connectivity index is 2.62. The van der Waals surface area contributed by atoms with Crippen molar-refractivity contribution >= 4 is 70.0 Å². The van der Waals surface area contributed by atoms with Crippen molar-refractivity contribution in [3.05, 3.63) is 12.1 Å². The Bertz CT molecular complexity index is 338. The number of hydrogen-bond donors (Lipinski definition) is 0. The number of isothiocyanates is 2. The summed E-state index contributed by atoms with van der Waals surface area (Å²) in [5.41, 5.74) is 0. The van der Waals surface area contributed by atoms with Crippen molar-refractivity contribution in [2.24, 2.45) is 8.80 Å². The molecule has 0 atom stereocenters. The van der Waals surface area contributed by atoms with Crippen LogP contribution in [0.4, 0.5) is 0 Å². The van der Waals surface area contributed by atoms with Gasteiger partial charge in [0.2, 0.25) is 0 Å². The summed E-state index contributed by atoms with van der Waals surface area (Å²) >= 11 is 13.1. The zero-order valence-electron chi connectivity index (χ0n) is 6.09. The first-order valence-corrected chi connectivity index (χ1v) is 6.13. The van der Waals surface area contributed by atoms with E-state index in [4.69, 9.17) is 0 Å². The smallest absolute Gasteiger partial charge is 0.0849 e. The number of nitrogens with zero attached hydrogens (tertiary/aromatic N) is 2. The molecular formula is C6H2N2S5. The maximum absolute atomic E-state index is 4.45. The normalized spacial score (nSPS) is 8.62. The van der Waals surface area contributed by atoms with E-state index in [0.717, 1.165) is 8.42 Å². The maximum Gasteiger partial charge on any atom is 0.0849 e. The van der Waals surface area contributed by atoms with Crippen LogP contribution < -0.4 is 0 Å². The van der Waals surface area contributed by atoms with E-state index in [1.165, 1.54) is 23.9 Å². The van der Waals surface area contributed by atoms with Crippen LogP contribution in [-0.2, 0) is 0 Å². The van der Waals surface area contributed by atoms with Crippen molar-refractivity contribution < 1.29 is 0 Å². The second kappa shape index (κ2) is 6.45. The largest absolute Gasteiger partial charge is 0.155 e. The highest BCUT2D eigenvalue weighted by molar-refractivity contribution is 8.02. The molecule has 0 fully saturated rings. The lowest BCUT2D eigenvalue weighted by Gasteiger charge is -1.83. The lowest BCUT2D eigenvalue weighted by Crippen LogP contribution is -1.49. The highest BCUT2D eigenvalue weighted by atomic mass is 32.2. The summed E-state index contributed by atoms with van der Waals surface area (Å²) in [5, 5.41) is 4.57. The Morgan fingerprint density at radius 1 is 1.08 bits per heavy atom. The fourth-order valence-corrected chi connectivity index (χ4v) is 2.95. The molecule has 0 unspecified atom stereocenters. The minimum atomic E-state index is 1.06. The molecule has 0 spiro atoms. The molecular weight excluding hydrogens is 260 g/mol. The van der Waals surface area contributed by atoms with E-state index < -0.39 is 0 Å². The van der Waals surface area contributed by atoms with Crippen LogP contribution >= 0.6 is 59.7 Å². The van der Waals surface area contributed by atoms with Crippen LogP contribution in [0, 0.1) is 0 Å². The average molecular weight is 262 g/mol. The second-order valence-electron chi connectivity index (χ2n) is 1.62. The molecule has 0 saturated heterocycles. The van der Waals surface area contributed by atoms with Gasteiger partial charge < -0.3 is 0 Å². The van der Waals surface area contributed by atoms with Gasteiger partial charge >= 0.3 is 0 Å². The van der Waals surface area contributed by atoms with Gasteiger partial charge in [0.15, 0.2) is 0 Å². The summed E-state index contributed by atoms with van der Waals surface area (Å²) in [6.07, 6.45) is 0. The molecule has 66 valence electrons. The van der Waals surface area contributed by atoms with Crippen molar-refractivity contribution in [1.82, 2.24) is 0 Å². The Hall–Kier alpha value is -0.0000000000000000555. The summed E-state index contributed by atoms with van der Waals surface area (Å²) in [4.78, 5) is 0. The van der Waals surface area contributed by atoms with Gasteiger partial charge in [-0.3, -0.25) is 0 Å². The van der Waals surface area contributed by atoms with E-state index in [1.54, 1.807) is 11.3 Å². The van der Waals surface area contributed by atoms with Gasteiger partial charge in [-0.15, -0.1) is 11.3 Å². The third-order valence-electron chi connectivity index (χ3n) is 0.902. The maximum atomic E-state index is 4.45. The SMILES string of the molecule is S=C=NSc1ccc(SN=C=S)s1. The molecule has 1 aromatic rings. The van der Waals surface area contributed by atoms with Crippen molar-refractivity contribution in [3.8, 4) is 0 Å². The number of rotatable bonds is 4. The minimum Gasteiger partial charge on any atom is -0.155 e. The molecule has 0 bridgehead atoms. The zero-order valence-corrected chi connectivity index (χ0v) is 10.2. The highest BCUT2D eigenvalue weighted by Crippen LogP contribution is 2.33. The van der Waals surface area contributed by atoms with Crippen molar-refractivity contribution in [2.45, 2.75) is 8.42 Å². The summed E-state index contributed by atoms with van der Waals surface area (Å²) < 4.78 is 9.61. The van der Waals surface area contributed by atoms with Gasteiger partial charge in [0.05, 0.1) is 18.7 Å². The molecule has 0 aromatic carbocycles. The average Bonchev–Trinajstić information content (AvgIpc) is 2.59. The van der Waals surface area contributed by atoms with Gasteiger partial charge in [-0.1, -0.05) is 0 Å². The molecule has 1 aromatic heterocycles. The van der Waals surface area contributed by atoms with E-state index in [2.05, 4.69) is 43.6 Å². The molecule has 13 heavy (non-hydrogen) atoms. The Morgan fingerprint density at radius 3 is 1.92 bits per heavy atom. The summed E-state index contributed by atoms with van der Waals surface area (Å²) in [6, 6.07) is 3.90. The lowest BCUT2D eigenvalue weighted by molar-refractivity contribution is 1.67. The monoisotopic (exact) mass is 262 g/mol. The first-order valence-electron chi connectivity index (χ1n) is 2.95.